The molecule has 2 aliphatic rings. The Kier molecular flexibility index (Phi) is 21.4. The van der Waals surface area contributed by atoms with Crippen LogP contribution in [-0.4, -0.2) is 120 Å². The first-order chi connectivity index (χ1) is 39.4. The van der Waals surface area contributed by atoms with Crippen molar-refractivity contribution in [2.75, 3.05) is 26.2 Å². The number of alkyl carbamates (subject to hydrolysis) is 1. The van der Waals surface area contributed by atoms with Gasteiger partial charge < -0.3 is 62.7 Å². The third kappa shape index (κ3) is 17.0. The fourth-order valence-electron chi connectivity index (χ4n) is 10.3. The van der Waals surface area contributed by atoms with Gasteiger partial charge >= 0.3 is 6.09 Å². The number of unbranched alkanes of at least 4 members (excludes halogenated alkanes) is 3. The van der Waals surface area contributed by atoms with Gasteiger partial charge in [-0.2, -0.15) is 0 Å². The van der Waals surface area contributed by atoms with Gasteiger partial charge in [-0.1, -0.05) is 128 Å². The average molecular weight is 1100 g/mol. The Hall–Kier alpha value is -8.55. The van der Waals surface area contributed by atoms with Crippen LogP contribution in [0.2, 0.25) is 0 Å². The number of hydrogen-bond donors (Lipinski definition) is 9. The van der Waals surface area contributed by atoms with Crippen molar-refractivity contribution in [1.82, 2.24) is 41.8 Å². The quantitative estimate of drug-likeness (QED) is 0.0456. The summed E-state index contributed by atoms with van der Waals surface area (Å²) in [7, 11) is 0. The highest BCUT2D eigenvalue weighted by Gasteiger charge is 2.45. The Morgan fingerprint density at radius 2 is 1.04 bits per heavy atom. The topological polar surface area (TPSA) is 281 Å². The minimum absolute atomic E-state index is 0.0192. The number of hydrogen-bond acceptors (Lipinski definition) is 11. The second-order valence-electron chi connectivity index (χ2n) is 20.7. The second kappa shape index (κ2) is 29.6. The van der Waals surface area contributed by atoms with E-state index in [9.17, 15) is 19.2 Å². The molecule has 0 bridgehead atoms. The van der Waals surface area contributed by atoms with Crippen LogP contribution in [0.4, 0.5) is 4.79 Å². The molecule has 81 heavy (non-hydrogen) atoms. The maximum absolute atomic E-state index is 15.4. The molecule has 8 rings (SSSR count). The lowest BCUT2D eigenvalue weighted by atomic mass is 9.99. The Bertz CT molecular complexity index is 3040. The van der Waals surface area contributed by atoms with Crippen molar-refractivity contribution in [3.05, 3.63) is 174 Å². The van der Waals surface area contributed by atoms with Crippen molar-refractivity contribution >= 4 is 52.4 Å². The van der Waals surface area contributed by atoms with Crippen molar-refractivity contribution in [3.8, 4) is 5.75 Å². The van der Waals surface area contributed by atoms with Gasteiger partial charge in [-0.05, 0) is 91.2 Å². The molecule has 19 heteroatoms. The third-order valence-electron chi connectivity index (χ3n) is 14.6. The van der Waals surface area contributed by atoms with Crippen LogP contribution in [0.15, 0.2) is 146 Å². The van der Waals surface area contributed by atoms with E-state index in [1.807, 2.05) is 66.7 Å². The lowest BCUT2D eigenvalue weighted by Gasteiger charge is -2.32. The number of H-pyrrole nitrogens is 1. The summed E-state index contributed by atoms with van der Waals surface area (Å²) in [6.45, 7) is 1.24. The molecule has 0 aliphatic carbocycles. The molecule has 11 N–H and O–H groups in total. The number of nitrogens with two attached hydrogens (primary N) is 2. The standard InChI is InChI=1S/C62H74N10O9/c63-30-14-4-16-32-65-62(79)81-47-37-55-60(77)70-52(33-41-17-5-1-6-18-41)57(74)69-53(36-45-38-66-49-24-12-11-23-48(45)49)59(76)67-50(25-13-15-31-64)56(73)68-51(34-43-26-28-46(29-27-43)80-40-44-21-9-3-10-22-44)58(75)71-54(61(78)72(55)39-47)35-42-19-7-2-8-20-42/h1-3,5-12,17-24,26-29,38,47,50-55,66H,4,13-16,25,30-37,39-40,63-64H2,(H,65,79)(H,67,76)(H,68,73)(H,69,74)(H,70,77)(H,71,75)/t47-,50+,51+,52+,53-,54+,55+/m1/s1. The molecule has 2 aliphatic heterocycles. The number of nitrogens with zero attached hydrogens (tertiary/aromatic N) is 1. The smallest absolute Gasteiger partial charge is 0.407 e. The predicted octanol–water partition coefficient (Wildman–Crippen LogP) is 4.41. The summed E-state index contributed by atoms with van der Waals surface area (Å²) in [5.74, 6) is -3.61. The van der Waals surface area contributed by atoms with E-state index in [0.717, 1.165) is 29.3 Å². The molecule has 2 saturated heterocycles. The summed E-state index contributed by atoms with van der Waals surface area (Å²) in [6, 6.07) is 34.5. The largest absolute Gasteiger partial charge is 0.489 e. The van der Waals surface area contributed by atoms with Crippen LogP contribution >= 0.6 is 0 Å². The van der Waals surface area contributed by atoms with E-state index >= 15 is 14.4 Å². The molecule has 7 atom stereocenters. The Balaban J connectivity index is 1.18. The first-order valence-electron chi connectivity index (χ1n) is 28.0. The molecule has 7 amide bonds. The van der Waals surface area contributed by atoms with E-state index in [4.69, 9.17) is 20.9 Å². The highest BCUT2D eigenvalue weighted by molar-refractivity contribution is 5.99. The van der Waals surface area contributed by atoms with Crippen molar-refractivity contribution in [1.29, 1.82) is 0 Å². The lowest BCUT2D eigenvalue weighted by molar-refractivity contribution is -0.143. The molecule has 3 heterocycles. The minimum atomic E-state index is -1.33. The van der Waals surface area contributed by atoms with Crippen LogP contribution in [0.5, 0.6) is 5.75 Å². The monoisotopic (exact) mass is 1100 g/mol. The van der Waals surface area contributed by atoms with E-state index in [-0.39, 0.29) is 45.1 Å². The highest BCUT2D eigenvalue weighted by Crippen LogP contribution is 2.25. The number of para-hydroxylation sites is 1. The number of benzene rings is 5. The fourth-order valence-corrected chi connectivity index (χ4v) is 10.3. The van der Waals surface area contributed by atoms with Gasteiger partial charge in [-0.25, -0.2) is 4.79 Å². The lowest BCUT2D eigenvalue weighted by Crippen LogP contribution is -2.62. The molecule has 0 unspecified atom stereocenters. The molecule has 0 radical (unpaired) electrons. The zero-order valence-corrected chi connectivity index (χ0v) is 45.5. The summed E-state index contributed by atoms with van der Waals surface area (Å²) >= 11 is 0. The number of rotatable bonds is 21. The molecule has 426 valence electrons. The zero-order valence-electron chi connectivity index (χ0n) is 45.5. The summed E-state index contributed by atoms with van der Waals surface area (Å²) in [5.41, 5.74) is 16.1. The molecule has 0 saturated carbocycles. The predicted molar refractivity (Wildman–Crippen MR) is 307 cm³/mol. The van der Waals surface area contributed by atoms with E-state index in [2.05, 4.69) is 36.9 Å². The number of aromatic nitrogens is 1. The number of ether oxygens (including phenoxy) is 2. The van der Waals surface area contributed by atoms with Crippen molar-refractivity contribution < 1.29 is 43.0 Å². The van der Waals surface area contributed by atoms with Crippen molar-refractivity contribution in [2.24, 2.45) is 11.5 Å². The highest BCUT2D eigenvalue weighted by atomic mass is 16.6. The van der Waals surface area contributed by atoms with Gasteiger partial charge in [-0.15, -0.1) is 0 Å². The first kappa shape index (κ1) is 58.6. The first-order valence-corrected chi connectivity index (χ1v) is 28.0. The van der Waals surface area contributed by atoms with Crippen LogP contribution in [0.1, 0.15) is 72.8 Å². The van der Waals surface area contributed by atoms with Crippen LogP contribution in [0.3, 0.4) is 0 Å². The second-order valence-corrected chi connectivity index (χ2v) is 20.7. The molecule has 0 spiro atoms. The molecular formula is C62H74N10O9. The Morgan fingerprint density at radius 1 is 0.531 bits per heavy atom. The van der Waals surface area contributed by atoms with Gasteiger partial charge in [0, 0.05) is 55.7 Å². The number of amides is 7. The average Bonchev–Trinajstić information content (AvgIpc) is 4.10. The molecule has 6 aromatic rings. The van der Waals surface area contributed by atoms with Gasteiger partial charge in [0.25, 0.3) is 0 Å². The van der Waals surface area contributed by atoms with Crippen LogP contribution in [0.25, 0.3) is 10.9 Å². The maximum Gasteiger partial charge on any atom is 0.407 e. The van der Waals surface area contributed by atoms with Crippen LogP contribution < -0.4 is 48.1 Å². The van der Waals surface area contributed by atoms with Gasteiger partial charge in [0.05, 0.1) is 6.54 Å². The van der Waals surface area contributed by atoms with Gasteiger partial charge in [0.2, 0.25) is 35.4 Å². The van der Waals surface area contributed by atoms with Crippen LogP contribution in [-0.2, 0) is 65.8 Å². The number of aromatic amines is 1. The molecule has 19 nitrogen and oxygen atoms in total. The van der Waals surface area contributed by atoms with Crippen LogP contribution in [0, 0.1) is 0 Å². The third-order valence-corrected chi connectivity index (χ3v) is 14.6. The summed E-state index contributed by atoms with van der Waals surface area (Å²) in [4.78, 5) is 108. The Labute approximate surface area is 472 Å². The van der Waals surface area contributed by atoms with E-state index in [0.29, 0.717) is 73.5 Å². The van der Waals surface area contributed by atoms with E-state index < -0.39 is 83.9 Å². The normalized spacial score (nSPS) is 21.1. The summed E-state index contributed by atoms with van der Waals surface area (Å²) < 4.78 is 11.9. The molecule has 2 fully saturated rings. The summed E-state index contributed by atoms with van der Waals surface area (Å²) in [5, 5.41) is 18.2. The zero-order chi connectivity index (χ0) is 56.9. The van der Waals surface area contributed by atoms with Gasteiger partial charge in [-0.3, -0.25) is 28.8 Å². The molecule has 1 aromatic heterocycles. The minimum Gasteiger partial charge on any atom is -0.489 e. The number of carbonyl (C=O) groups is 7. The Morgan fingerprint density at radius 3 is 1.67 bits per heavy atom. The van der Waals surface area contributed by atoms with Crippen molar-refractivity contribution in [2.45, 2.75) is 120 Å². The SMILES string of the molecule is NCCCCCNC(=O)O[C@@H]1C[C@H]2C(=O)N[C@@H](Cc3ccccc3)C(=O)N[C@H](Cc3c[nH]c4ccccc34)C(=O)N[C@@H](CCCCN)C(=O)N[C@@H](Cc3ccc(OCc4ccccc4)cc3)C(=O)N[C@@H](Cc3ccccc3)C(=O)N2C1. The number of fused-ring (bicyclic) bond motifs is 2. The number of nitrogens with one attached hydrogen (secondary N) is 7. The van der Waals surface area contributed by atoms with Gasteiger partial charge in [0.1, 0.15) is 54.7 Å². The van der Waals surface area contributed by atoms with Crippen molar-refractivity contribution in [3.63, 3.8) is 0 Å². The van der Waals surface area contributed by atoms with E-state index in [1.165, 1.54) is 4.90 Å². The number of carbonyl (C=O) groups excluding carboxylic acids is 7. The molecular weight excluding hydrogens is 1030 g/mol. The van der Waals surface area contributed by atoms with Gasteiger partial charge in [0.15, 0.2) is 0 Å². The molecule has 5 aromatic carbocycles. The van der Waals surface area contributed by atoms with E-state index in [1.54, 1.807) is 79.0 Å². The summed E-state index contributed by atoms with van der Waals surface area (Å²) in [6.07, 6.45) is 3.06. The maximum atomic E-state index is 15.4. The fraction of sp³-hybridized carbons (Fsp3) is 0.371.